The molecule has 0 rings (SSSR count). The van der Waals surface area contributed by atoms with E-state index < -0.39 is 41.6 Å². The molecule has 21 heavy (non-hydrogen) atoms. The Hall–Kier alpha value is -1.10. The minimum atomic E-state index is -6.91. The lowest BCUT2D eigenvalue weighted by Crippen LogP contribution is -2.63. The second kappa shape index (κ2) is 4.97. The van der Waals surface area contributed by atoms with Crippen molar-refractivity contribution in [2.24, 2.45) is 11.3 Å². The van der Waals surface area contributed by atoms with Crippen molar-refractivity contribution in [3.8, 4) is 0 Å². The summed E-state index contributed by atoms with van der Waals surface area (Å²) in [5.74, 6) is -5.71. The molecule has 0 amide bonds. The van der Waals surface area contributed by atoms with Gasteiger partial charge in [-0.3, -0.25) is 0 Å². The van der Waals surface area contributed by atoms with Crippen LogP contribution in [0.3, 0.4) is 0 Å². The largest absolute Gasteiger partial charge is 0.407 e. The lowest BCUT2D eigenvalue weighted by molar-refractivity contribution is -0.415. The van der Waals surface area contributed by atoms with Gasteiger partial charge >= 0.3 is 24.7 Å². The Bertz CT molecular complexity index is 361. The number of hydrogen-bond donors (Lipinski definition) is 0. The van der Waals surface area contributed by atoms with Crippen molar-refractivity contribution in [3.05, 3.63) is 12.2 Å². The molecule has 126 valence electrons. The minimum Gasteiger partial charge on any atom is -0.170 e. The molecule has 12 heteroatoms. The van der Waals surface area contributed by atoms with Gasteiger partial charge in [-0.1, -0.05) is 12.2 Å². The zero-order chi connectivity index (χ0) is 17.7. The van der Waals surface area contributed by atoms with Gasteiger partial charge in [-0.05, 0) is 6.92 Å². The summed E-state index contributed by atoms with van der Waals surface area (Å²) in [6.45, 7) is 1.88. The molecule has 0 aliphatic rings. The molecule has 0 aromatic heterocycles. The van der Waals surface area contributed by atoms with E-state index in [4.69, 9.17) is 0 Å². The highest BCUT2D eigenvalue weighted by molar-refractivity contribution is 5.20. The molecular weight excluding hydrogens is 336 g/mol. The fourth-order valence-electron chi connectivity index (χ4n) is 1.89. The Labute approximate surface area is 109 Å². The van der Waals surface area contributed by atoms with Crippen molar-refractivity contribution >= 4 is 0 Å². The Morgan fingerprint density at radius 3 is 0.952 bits per heavy atom. The van der Waals surface area contributed by atoms with Crippen LogP contribution in [-0.2, 0) is 0 Å². The van der Waals surface area contributed by atoms with Crippen molar-refractivity contribution in [2.45, 2.75) is 31.6 Å². The maximum atomic E-state index is 12.7. The molecule has 0 saturated carbocycles. The predicted octanol–water partition coefficient (Wildman–Crippen LogP) is 5.41. The van der Waals surface area contributed by atoms with E-state index in [1.165, 1.54) is 0 Å². The van der Waals surface area contributed by atoms with Gasteiger partial charge in [0.2, 0.25) is 5.41 Å². The van der Waals surface area contributed by atoms with E-state index in [2.05, 4.69) is 6.58 Å². The molecule has 0 aliphatic heterocycles. The van der Waals surface area contributed by atoms with Gasteiger partial charge in [-0.25, -0.2) is 0 Å². The van der Waals surface area contributed by atoms with Gasteiger partial charge in [0.15, 0.2) is 5.92 Å². The van der Waals surface area contributed by atoms with E-state index >= 15 is 0 Å². The Kier molecular flexibility index (Phi) is 4.71. The van der Waals surface area contributed by atoms with Gasteiger partial charge in [-0.2, -0.15) is 52.7 Å². The van der Waals surface area contributed by atoms with Crippen LogP contribution in [0, 0.1) is 11.3 Å². The zero-order valence-corrected chi connectivity index (χ0v) is 9.82. The molecule has 0 aromatic carbocycles. The molecule has 0 spiro atoms. The molecule has 0 N–H and O–H groups in total. The number of rotatable bonds is 2. The summed E-state index contributed by atoms with van der Waals surface area (Å²) in [7, 11) is 0. The SMILES string of the molecule is C=C(C)C(C(C(F)(F)F)C(F)(F)F)(C(F)(F)F)C(F)(F)F. The summed E-state index contributed by atoms with van der Waals surface area (Å²) in [6.07, 6.45) is -27.5. The van der Waals surface area contributed by atoms with Crippen molar-refractivity contribution in [1.29, 1.82) is 0 Å². The summed E-state index contributed by atoms with van der Waals surface area (Å²) in [5, 5.41) is 0. The number of allylic oxidation sites excluding steroid dienone is 1. The van der Waals surface area contributed by atoms with Gasteiger partial charge in [0.1, 0.15) is 0 Å². The third kappa shape index (κ3) is 3.23. The Balaban J connectivity index is 6.85. The van der Waals surface area contributed by atoms with E-state index in [-0.39, 0.29) is 6.92 Å². The van der Waals surface area contributed by atoms with Crippen LogP contribution in [0.4, 0.5) is 52.7 Å². The maximum absolute atomic E-state index is 12.7. The van der Waals surface area contributed by atoms with Crippen LogP contribution in [0.2, 0.25) is 0 Å². The van der Waals surface area contributed by atoms with Crippen LogP contribution in [0.5, 0.6) is 0 Å². The summed E-state index contributed by atoms with van der Waals surface area (Å²) in [6, 6.07) is 0. The normalized spacial score (nSPS) is 15.5. The van der Waals surface area contributed by atoms with Gasteiger partial charge in [0.25, 0.3) is 0 Å². The first-order valence-electron chi connectivity index (χ1n) is 4.74. The van der Waals surface area contributed by atoms with Crippen molar-refractivity contribution in [3.63, 3.8) is 0 Å². The molecule has 0 heterocycles. The standard InChI is InChI=1S/C9H6F12/c1-3(2)5(8(16,17)18,9(19,20)21)4(6(10,11)12)7(13,14)15/h4H,1H2,2H3. The van der Waals surface area contributed by atoms with Crippen molar-refractivity contribution in [2.75, 3.05) is 0 Å². The van der Waals surface area contributed by atoms with E-state index in [0.717, 1.165) is 0 Å². The molecule has 0 aliphatic carbocycles. The molecule has 0 fully saturated rings. The van der Waals surface area contributed by atoms with Crippen LogP contribution in [-0.4, -0.2) is 24.7 Å². The van der Waals surface area contributed by atoms with Crippen LogP contribution >= 0.6 is 0 Å². The highest BCUT2D eigenvalue weighted by Gasteiger charge is 2.84. The highest BCUT2D eigenvalue weighted by atomic mass is 19.4. The first-order valence-corrected chi connectivity index (χ1v) is 4.74. The Morgan fingerprint density at radius 2 is 0.905 bits per heavy atom. The molecule has 0 unspecified atom stereocenters. The third-order valence-corrected chi connectivity index (χ3v) is 2.66. The highest BCUT2D eigenvalue weighted by Crippen LogP contribution is 2.65. The fourth-order valence-corrected chi connectivity index (χ4v) is 1.89. The second-order valence-corrected chi connectivity index (χ2v) is 4.10. The van der Waals surface area contributed by atoms with Gasteiger partial charge in [0, 0.05) is 0 Å². The average molecular weight is 342 g/mol. The molecule has 0 radical (unpaired) electrons. The lowest BCUT2D eigenvalue weighted by atomic mass is 9.68. The Morgan fingerprint density at radius 1 is 0.667 bits per heavy atom. The number of halogens is 12. The van der Waals surface area contributed by atoms with E-state index in [0.29, 0.717) is 0 Å². The smallest absolute Gasteiger partial charge is 0.170 e. The summed E-state index contributed by atoms with van der Waals surface area (Å²) in [5.41, 5.74) is -8.54. The minimum absolute atomic E-state index is 0.189. The van der Waals surface area contributed by atoms with Gasteiger partial charge in [0.05, 0.1) is 0 Å². The van der Waals surface area contributed by atoms with Gasteiger partial charge < -0.3 is 0 Å². The monoisotopic (exact) mass is 342 g/mol. The first kappa shape index (κ1) is 19.9. The van der Waals surface area contributed by atoms with Gasteiger partial charge in [-0.15, -0.1) is 0 Å². The second-order valence-electron chi connectivity index (χ2n) is 4.10. The zero-order valence-electron chi connectivity index (χ0n) is 9.82. The molecule has 0 atom stereocenters. The third-order valence-electron chi connectivity index (χ3n) is 2.66. The molecule has 0 nitrogen and oxygen atoms in total. The van der Waals surface area contributed by atoms with Crippen molar-refractivity contribution in [1.82, 2.24) is 0 Å². The summed E-state index contributed by atoms with van der Waals surface area (Å²) in [4.78, 5) is 0. The predicted molar refractivity (Wildman–Crippen MR) is 45.0 cm³/mol. The summed E-state index contributed by atoms with van der Waals surface area (Å²) >= 11 is 0. The van der Waals surface area contributed by atoms with Crippen LogP contribution in [0.25, 0.3) is 0 Å². The number of hydrogen-bond acceptors (Lipinski definition) is 0. The average Bonchev–Trinajstić information content (AvgIpc) is 2.03. The van der Waals surface area contributed by atoms with Crippen molar-refractivity contribution < 1.29 is 52.7 Å². The molecule has 0 bridgehead atoms. The van der Waals surface area contributed by atoms with Crippen LogP contribution in [0.1, 0.15) is 6.92 Å². The van der Waals surface area contributed by atoms with E-state index in [1.807, 2.05) is 0 Å². The van der Waals surface area contributed by atoms with Crippen LogP contribution in [0.15, 0.2) is 12.2 Å². The molecule has 0 saturated heterocycles. The van der Waals surface area contributed by atoms with E-state index in [9.17, 15) is 52.7 Å². The molecule has 0 aromatic rings. The maximum Gasteiger partial charge on any atom is 0.407 e. The summed E-state index contributed by atoms with van der Waals surface area (Å²) < 4.78 is 150. The fraction of sp³-hybridized carbons (Fsp3) is 0.778. The lowest BCUT2D eigenvalue weighted by Gasteiger charge is -2.44. The molecular formula is C9H6F12. The number of alkyl halides is 12. The van der Waals surface area contributed by atoms with Crippen LogP contribution < -0.4 is 0 Å². The first-order chi connectivity index (χ1) is 8.81. The quantitative estimate of drug-likeness (QED) is 0.465. The topological polar surface area (TPSA) is 0 Å². The van der Waals surface area contributed by atoms with E-state index in [1.54, 1.807) is 0 Å².